The molecule has 1 amide bonds. The highest BCUT2D eigenvalue weighted by molar-refractivity contribution is 5.92. The fourth-order valence-corrected chi connectivity index (χ4v) is 1.64. The summed E-state index contributed by atoms with van der Waals surface area (Å²) in [6.07, 6.45) is 3.11. The number of anilines is 1. The van der Waals surface area contributed by atoms with Crippen molar-refractivity contribution in [1.82, 2.24) is 14.8 Å². The largest absolute Gasteiger partial charge is 0.492 e. The van der Waals surface area contributed by atoms with Crippen molar-refractivity contribution < 1.29 is 9.53 Å². The summed E-state index contributed by atoms with van der Waals surface area (Å²) in [4.78, 5) is 15.6. The van der Waals surface area contributed by atoms with Gasteiger partial charge in [-0.25, -0.2) is 9.67 Å². The van der Waals surface area contributed by atoms with Gasteiger partial charge in [0.25, 0.3) is 0 Å². The third-order valence-electron chi connectivity index (χ3n) is 2.96. The van der Waals surface area contributed by atoms with Crippen molar-refractivity contribution in [3.8, 4) is 5.75 Å². The number of carbonyl (C=O) groups is 1. The normalized spacial score (nSPS) is 11.9. The van der Waals surface area contributed by atoms with Crippen LogP contribution < -0.4 is 15.8 Å². The van der Waals surface area contributed by atoms with Crippen molar-refractivity contribution in [2.75, 3.05) is 18.5 Å². The molecule has 1 aromatic carbocycles. The Morgan fingerprint density at radius 1 is 1.52 bits per heavy atom. The molecular weight excluding hydrogens is 270 g/mol. The molecule has 3 N–H and O–H groups in total. The highest BCUT2D eigenvalue weighted by Gasteiger charge is 2.10. The van der Waals surface area contributed by atoms with E-state index in [9.17, 15) is 4.79 Å². The van der Waals surface area contributed by atoms with Gasteiger partial charge in [-0.15, -0.1) is 0 Å². The van der Waals surface area contributed by atoms with E-state index in [1.807, 2.05) is 18.2 Å². The molecule has 0 spiro atoms. The lowest BCUT2D eigenvalue weighted by molar-refractivity contribution is -0.119. The Bertz CT molecular complexity index is 571. The first-order valence-electron chi connectivity index (χ1n) is 6.75. The van der Waals surface area contributed by atoms with Gasteiger partial charge in [-0.05, 0) is 12.1 Å². The fourth-order valence-electron chi connectivity index (χ4n) is 1.64. The molecule has 1 unspecified atom stereocenters. The summed E-state index contributed by atoms with van der Waals surface area (Å²) in [5, 5.41) is 6.80. The van der Waals surface area contributed by atoms with Gasteiger partial charge in [-0.3, -0.25) is 4.79 Å². The zero-order valence-corrected chi connectivity index (χ0v) is 11.9. The number of nitrogens with two attached hydrogens (primary N) is 1. The minimum atomic E-state index is -0.220. The van der Waals surface area contributed by atoms with Crippen molar-refractivity contribution in [3.05, 3.63) is 36.9 Å². The molecule has 0 aliphatic heterocycles. The van der Waals surface area contributed by atoms with E-state index < -0.39 is 0 Å². The van der Waals surface area contributed by atoms with Gasteiger partial charge in [-0.1, -0.05) is 13.0 Å². The van der Waals surface area contributed by atoms with Crippen LogP contribution in [0.2, 0.25) is 0 Å². The molecule has 0 aliphatic rings. The lowest BCUT2D eigenvalue weighted by Gasteiger charge is -2.11. The Hall–Kier alpha value is -2.41. The van der Waals surface area contributed by atoms with Crippen molar-refractivity contribution in [3.63, 3.8) is 0 Å². The van der Waals surface area contributed by atoms with Crippen molar-refractivity contribution >= 4 is 11.6 Å². The Morgan fingerprint density at radius 2 is 2.38 bits per heavy atom. The van der Waals surface area contributed by atoms with E-state index in [-0.39, 0.29) is 11.8 Å². The van der Waals surface area contributed by atoms with Gasteiger partial charge in [0.05, 0.1) is 6.54 Å². The van der Waals surface area contributed by atoms with Crippen LogP contribution in [-0.2, 0) is 11.3 Å². The van der Waals surface area contributed by atoms with Crippen LogP contribution in [0, 0.1) is 5.92 Å². The molecule has 1 atom stereocenters. The number of aromatic nitrogens is 3. The van der Waals surface area contributed by atoms with Gasteiger partial charge >= 0.3 is 0 Å². The van der Waals surface area contributed by atoms with Crippen LogP contribution in [0.5, 0.6) is 5.75 Å². The summed E-state index contributed by atoms with van der Waals surface area (Å²) < 4.78 is 7.31. The maximum Gasteiger partial charge on any atom is 0.228 e. The van der Waals surface area contributed by atoms with Crippen LogP contribution in [0.25, 0.3) is 0 Å². The third kappa shape index (κ3) is 4.57. The number of ether oxygens (including phenoxy) is 1. The predicted molar refractivity (Wildman–Crippen MR) is 78.8 cm³/mol. The summed E-state index contributed by atoms with van der Waals surface area (Å²) in [5.74, 6) is 0.368. The highest BCUT2D eigenvalue weighted by Crippen LogP contribution is 2.18. The topological polar surface area (TPSA) is 95.1 Å². The van der Waals surface area contributed by atoms with Crippen molar-refractivity contribution in [2.24, 2.45) is 11.7 Å². The molecule has 112 valence electrons. The van der Waals surface area contributed by atoms with Gasteiger partial charge < -0.3 is 15.8 Å². The Balaban J connectivity index is 1.87. The maximum absolute atomic E-state index is 11.8. The maximum atomic E-state index is 11.8. The van der Waals surface area contributed by atoms with E-state index in [4.69, 9.17) is 10.5 Å². The number of hydrogen-bond acceptors (Lipinski definition) is 5. The number of hydrogen-bond donors (Lipinski definition) is 2. The van der Waals surface area contributed by atoms with Gasteiger partial charge in [0, 0.05) is 24.2 Å². The van der Waals surface area contributed by atoms with Crippen LogP contribution in [0.15, 0.2) is 36.9 Å². The summed E-state index contributed by atoms with van der Waals surface area (Å²) in [6.45, 7) is 3.19. The quantitative estimate of drug-likeness (QED) is 0.789. The van der Waals surface area contributed by atoms with Gasteiger partial charge in [-0.2, -0.15) is 5.10 Å². The molecule has 0 aliphatic carbocycles. The van der Waals surface area contributed by atoms with Crippen molar-refractivity contribution in [1.29, 1.82) is 0 Å². The number of amides is 1. The summed E-state index contributed by atoms with van der Waals surface area (Å²) in [6, 6.07) is 7.25. The summed E-state index contributed by atoms with van der Waals surface area (Å²) in [5.41, 5.74) is 6.16. The number of nitrogens with one attached hydrogen (secondary N) is 1. The zero-order chi connectivity index (χ0) is 15.1. The minimum absolute atomic E-state index is 0.0998. The molecule has 21 heavy (non-hydrogen) atoms. The molecule has 1 aromatic heterocycles. The molecule has 7 heteroatoms. The van der Waals surface area contributed by atoms with Gasteiger partial charge in [0.2, 0.25) is 5.91 Å². The lowest BCUT2D eigenvalue weighted by atomic mass is 10.1. The molecule has 0 radical (unpaired) electrons. The van der Waals surface area contributed by atoms with E-state index in [0.29, 0.717) is 31.1 Å². The highest BCUT2D eigenvalue weighted by atomic mass is 16.5. The number of carbonyl (C=O) groups excluding carboxylic acids is 1. The number of benzene rings is 1. The lowest BCUT2D eigenvalue weighted by Crippen LogP contribution is -2.26. The second-order valence-electron chi connectivity index (χ2n) is 4.66. The van der Waals surface area contributed by atoms with Crippen LogP contribution in [-0.4, -0.2) is 33.8 Å². The average molecular weight is 289 g/mol. The third-order valence-corrected chi connectivity index (χ3v) is 2.96. The van der Waals surface area contributed by atoms with Gasteiger partial charge in [0.1, 0.15) is 25.0 Å². The van der Waals surface area contributed by atoms with E-state index >= 15 is 0 Å². The van der Waals surface area contributed by atoms with E-state index in [2.05, 4.69) is 15.4 Å². The first-order valence-corrected chi connectivity index (χ1v) is 6.75. The Morgan fingerprint density at radius 3 is 3.10 bits per heavy atom. The molecule has 7 nitrogen and oxygen atoms in total. The minimum Gasteiger partial charge on any atom is -0.492 e. The molecule has 0 saturated heterocycles. The predicted octanol–water partition coefficient (Wildman–Crippen LogP) is 0.890. The Kier molecular flexibility index (Phi) is 5.28. The number of rotatable bonds is 7. The average Bonchev–Trinajstić information content (AvgIpc) is 3.00. The first kappa shape index (κ1) is 15.0. The zero-order valence-electron chi connectivity index (χ0n) is 11.9. The van der Waals surface area contributed by atoms with Crippen LogP contribution in [0.4, 0.5) is 5.69 Å². The summed E-state index contributed by atoms with van der Waals surface area (Å²) >= 11 is 0. The SMILES string of the molecule is CC(CN)C(=O)Nc1cccc(OCCn2cncn2)c1. The van der Waals surface area contributed by atoms with E-state index in [1.54, 1.807) is 24.0 Å². The first-order chi connectivity index (χ1) is 10.2. The fraction of sp³-hybridized carbons (Fsp3) is 0.357. The molecular formula is C14H19N5O2. The Labute approximate surface area is 123 Å². The van der Waals surface area contributed by atoms with E-state index in [0.717, 1.165) is 0 Å². The summed E-state index contributed by atoms with van der Waals surface area (Å²) in [7, 11) is 0. The molecule has 0 saturated carbocycles. The van der Waals surface area contributed by atoms with Crippen LogP contribution in [0.1, 0.15) is 6.92 Å². The number of nitrogens with zero attached hydrogens (tertiary/aromatic N) is 3. The second kappa shape index (κ2) is 7.39. The molecule has 2 rings (SSSR count). The van der Waals surface area contributed by atoms with Crippen LogP contribution in [0.3, 0.4) is 0 Å². The molecule has 0 fully saturated rings. The standard InChI is InChI=1S/C14H19N5O2/c1-11(8-15)14(20)18-12-3-2-4-13(7-12)21-6-5-19-10-16-9-17-19/h2-4,7,9-11H,5-6,8,15H2,1H3,(H,18,20). The monoisotopic (exact) mass is 289 g/mol. The molecule has 2 aromatic rings. The second-order valence-corrected chi connectivity index (χ2v) is 4.66. The van der Waals surface area contributed by atoms with Crippen molar-refractivity contribution in [2.45, 2.75) is 13.5 Å². The molecule has 1 heterocycles. The van der Waals surface area contributed by atoms with Gasteiger partial charge in [0.15, 0.2) is 0 Å². The smallest absolute Gasteiger partial charge is 0.228 e. The van der Waals surface area contributed by atoms with E-state index in [1.165, 1.54) is 6.33 Å². The van der Waals surface area contributed by atoms with Crippen LogP contribution >= 0.6 is 0 Å². The molecule has 0 bridgehead atoms.